The van der Waals surface area contributed by atoms with Crippen LogP contribution in [0.4, 0.5) is 0 Å². The van der Waals surface area contributed by atoms with E-state index in [-0.39, 0.29) is 11.9 Å². The molecule has 0 aliphatic rings. The maximum Gasteiger partial charge on any atom is 0.244 e. The summed E-state index contributed by atoms with van der Waals surface area (Å²) in [5.74, 6) is 0.630. The van der Waals surface area contributed by atoms with Crippen LogP contribution in [0.25, 0.3) is 6.08 Å². The quantitative estimate of drug-likeness (QED) is 0.850. The van der Waals surface area contributed by atoms with Crippen LogP contribution < -0.4 is 10.1 Å². The molecule has 0 unspecified atom stereocenters. The highest BCUT2D eigenvalue weighted by Crippen LogP contribution is 2.21. The molecule has 3 heteroatoms. The number of amides is 1. The van der Waals surface area contributed by atoms with E-state index in [0.717, 1.165) is 22.4 Å². The molecule has 0 fully saturated rings. The van der Waals surface area contributed by atoms with E-state index in [4.69, 9.17) is 4.74 Å². The van der Waals surface area contributed by atoms with Crippen molar-refractivity contribution in [2.24, 2.45) is 0 Å². The van der Waals surface area contributed by atoms with Gasteiger partial charge in [-0.3, -0.25) is 4.79 Å². The van der Waals surface area contributed by atoms with Gasteiger partial charge < -0.3 is 10.1 Å². The largest absolute Gasteiger partial charge is 0.496 e. The zero-order valence-corrected chi connectivity index (χ0v) is 13.2. The molecule has 1 atom stereocenters. The predicted molar refractivity (Wildman–Crippen MR) is 89.8 cm³/mol. The average molecular weight is 295 g/mol. The molecular weight excluding hydrogens is 274 g/mol. The molecule has 0 radical (unpaired) electrons. The Morgan fingerprint density at radius 2 is 1.91 bits per heavy atom. The van der Waals surface area contributed by atoms with E-state index < -0.39 is 0 Å². The van der Waals surface area contributed by atoms with E-state index in [2.05, 4.69) is 5.32 Å². The van der Waals surface area contributed by atoms with E-state index in [1.54, 1.807) is 13.2 Å². The lowest BCUT2D eigenvalue weighted by Crippen LogP contribution is -2.24. The van der Waals surface area contributed by atoms with E-state index in [9.17, 15) is 4.79 Å². The smallest absolute Gasteiger partial charge is 0.244 e. The topological polar surface area (TPSA) is 38.3 Å². The van der Waals surface area contributed by atoms with Crippen molar-refractivity contribution in [3.8, 4) is 5.75 Å². The fourth-order valence-electron chi connectivity index (χ4n) is 2.24. The second kappa shape index (κ2) is 7.46. The molecule has 0 heterocycles. The minimum Gasteiger partial charge on any atom is -0.496 e. The normalized spacial score (nSPS) is 12.1. The number of benzene rings is 2. The van der Waals surface area contributed by atoms with Gasteiger partial charge >= 0.3 is 0 Å². The molecule has 2 rings (SSSR count). The van der Waals surface area contributed by atoms with Crippen molar-refractivity contribution >= 4 is 12.0 Å². The zero-order valence-electron chi connectivity index (χ0n) is 13.2. The molecule has 1 N–H and O–H groups in total. The molecule has 0 saturated heterocycles. The molecule has 0 aromatic heterocycles. The van der Waals surface area contributed by atoms with Crippen molar-refractivity contribution in [1.29, 1.82) is 0 Å². The fraction of sp³-hybridized carbons (Fsp3) is 0.211. The lowest BCUT2D eigenvalue weighted by molar-refractivity contribution is -0.117. The third-order valence-corrected chi connectivity index (χ3v) is 3.46. The summed E-state index contributed by atoms with van der Waals surface area (Å²) >= 11 is 0. The van der Waals surface area contributed by atoms with Gasteiger partial charge in [0.25, 0.3) is 0 Å². The predicted octanol–water partition coefficient (Wildman–Crippen LogP) is 3.89. The summed E-state index contributed by atoms with van der Waals surface area (Å²) in [6, 6.07) is 15.7. The van der Waals surface area contributed by atoms with Crippen molar-refractivity contribution in [3.05, 3.63) is 71.3 Å². The first-order valence-electron chi connectivity index (χ1n) is 7.28. The molecule has 2 aromatic carbocycles. The summed E-state index contributed by atoms with van der Waals surface area (Å²) in [6.45, 7) is 3.97. The molecule has 0 saturated carbocycles. The van der Waals surface area contributed by atoms with Gasteiger partial charge in [0.1, 0.15) is 5.75 Å². The van der Waals surface area contributed by atoms with Crippen molar-refractivity contribution in [1.82, 2.24) is 5.32 Å². The van der Waals surface area contributed by atoms with Gasteiger partial charge in [-0.25, -0.2) is 0 Å². The van der Waals surface area contributed by atoms with Crippen LogP contribution in [0.1, 0.15) is 29.7 Å². The summed E-state index contributed by atoms with van der Waals surface area (Å²) in [4.78, 5) is 12.0. The van der Waals surface area contributed by atoms with E-state index in [0.29, 0.717) is 0 Å². The Balaban J connectivity index is 2.04. The van der Waals surface area contributed by atoms with Gasteiger partial charge in [0.05, 0.1) is 13.2 Å². The molecule has 2 aromatic rings. The van der Waals surface area contributed by atoms with Crippen LogP contribution >= 0.6 is 0 Å². The Morgan fingerprint density at radius 3 is 2.59 bits per heavy atom. The summed E-state index contributed by atoms with van der Waals surface area (Å²) < 4.78 is 5.30. The monoisotopic (exact) mass is 295 g/mol. The standard InChI is InChI=1S/C19H21NO2/c1-14-9-11-18(22-3)17(13-14)10-12-19(21)20-15(2)16-7-5-4-6-8-16/h4-13,15H,1-3H3,(H,20,21)/b12-10+/t15-/m0/s1. The minimum absolute atomic E-state index is 0.0299. The third-order valence-electron chi connectivity index (χ3n) is 3.46. The maximum absolute atomic E-state index is 12.0. The molecule has 22 heavy (non-hydrogen) atoms. The summed E-state index contributed by atoms with van der Waals surface area (Å²) in [7, 11) is 1.62. The van der Waals surface area contributed by atoms with Gasteiger partial charge in [0.2, 0.25) is 5.91 Å². The molecule has 0 aliphatic carbocycles. The van der Waals surface area contributed by atoms with Crippen molar-refractivity contribution < 1.29 is 9.53 Å². The number of methoxy groups -OCH3 is 1. The number of aryl methyl sites for hydroxylation is 1. The Bertz CT molecular complexity index is 662. The van der Waals surface area contributed by atoms with Crippen LogP contribution in [0.2, 0.25) is 0 Å². The Morgan fingerprint density at radius 1 is 1.18 bits per heavy atom. The van der Waals surface area contributed by atoms with Gasteiger partial charge in [0.15, 0.2) is 0 Å². The second-order valence-corrected chi connectivity index (χ2v) is 5.22. The molecular formula is C19H21NO2. The van der Waals surface area contributed by atoms with E-state index in [1.165, 1.54) is 6.08 Å². The number of ether oxygens (including phenoxy) is 1. The number of rotatable bonds is 5. The van der Waals surface area contributed by atoms with Crippen LogP contribution in [0.3, 0.4) is 0 Å². The first-order chi connectivity index (χ1) is 10.6. The van der Waals surface area contributed by atoms with Crippen LogP contribution in [-0.4, -0.2) is 13.0 Å². The molecule has 114 valence electrons. The Hall–Kier alpha value is -2.55. The van der Waals surface area contributed by atoms with Crippen LogP contribution in [0, 0.1) is 6.92 Å². The Labute approximate surface area is 131 Å². The highest BCUT2D eigenvalue weighted by Gasteiger charge is 2.07. The second-order valence-electron chi connectivity index (χ2n) is 5.22. The number of hydrogen-bond acceptors (Lipinski definition) is 2. The molecule has 0 bridgehead atoms. The highest BCUT2D eigenvalue weighted by molar-refractivity contribution is 5.92. The average Bonchev–Trinajstić information content (AvgIpc) is 2.54. The van der Waals surface area contributed by atoms with Crippen molar-refractivity contribution in [2.75, 3.05) is 7.11 Å². The highest BCUT2D eigenvalue weighted by atomic mass is 16.5. The van der Waals surface area contributed by atoms with Gasteiger partial charge in [-0.05, 0) is 37.6 Å². The first-order valence-corrected chi connectivity index (χ1v) is 7.28. The SMILES string of the molecule is COc1ccc(C)cc1/C=C/C(=O)N[C@@H](C)c1ccccc1. The van der Waals surface area contributed by atoms with Crippen molar-refractivity contribution in [2.45, 2.75) is 19.9 Å². The van der Waals surface area contributed by atoms with Crippen molar-refractivity contribution in [3.63, 3.8) is 0 Å². The van der Waals surface area contributed by atoms with Crippen LogP contribution in [0.5, 0.6) is 5.75 Å². The van der Waals surface area contributed by atoms with E-state index in [1.807, 2.05) is 62.4 Å². The van der Waals surface area contributed by atoms with Gasteiger partial charge in [0, 0.05) is 11.6 Å². The fourth-order valence-corrected chi connectivity index (χ4v) is 2.24. The summed E-state index contributed by atoms with van der Waals surface area (Å²) in [5.41, 5.74) is 3.10. The number of carbonyl (C=O) groups excluding carboxylic acids is 1. The summed E-state index contributed by atoms with van der Waals surface area (Å²) in [6.07, 6.45) is 3.32. The van der Waals surface area contributed by atoms with Crippen LogP contribution in [0.15, 0.2) is 54.6 Å². The molecule has 3 nitrogen and oxygen atoms in total. The zero-order chi connectivity index (χ0) is 15.9. The first kappa shape index (κ1) is 15.8. The summed E-state index contributed by atoms with van der Waals surface area (Å²) in [5, 5.41) is 2.95. The molecule has 1 amide bonds. The van der Waals surface area contributed by atoms with Gasteiger partial charge in [-0.1, -0.05) is 42.0 Å². The third kappa shape index (κ3) is 4.22. The van der Waals surface area contributed by atoms with Gasteiger partial charge in [-0.2, -0.15) is 0 Å². The molecule has 0 spiro atoms. The minimum atomic E-state index is -0.125. The molecule has 0 aliphatic heterocycles. The number of hydrogen-bond donors (Lipinski definition) is 1. The van der Waals surface area contributed by atoms with Crippen LogP contribution in [-0.2, 0) is 4.79 Å². The number of carbonyl (C=O) groups is 1. The lowest BCUT2D eigenvalue weighted by atomic mass is 10.1. The Kier molecular flexibility index (Phi) is 5.37. The lowest BCUT2D eigenvalue weighted by Gasteiger charge is -2.12. The van der Waals surface area contributed by atoms with E-state index >= 15 is 0 Å². The van der Waals surface area contributed by atoms with Gasteiger partial charge in [-0.15, -0.1) is 0 Å². The number of nitrogens with one attached hydrogen (secondary N) is 1. The maximum atomic E-state index is 12.0.